The predicted octanol–water partition coefficient (Wildman–Crippen LogP) is 4.17. The maximum Gasteiger partial charge on any atom is 0.335 e. The average Bonchev–Trinajstić information content (AvgIpc) is 0.656. The van der Waals surface area contributed by atoms with Crippen molar-refractivity contribution in [2.45, 2.75) is 187 Å². The number of fused-ring (bicyclic) bond motifs is 14. The number of amides is 8. The van der Waals surface area contributed by atoms with Gasteiger partial charge in [-0.2, -0.15) is 0 Å². The number of ether oxygens (including phenoxy) is 7. The number of hydrogen-bond donors (Lipinski definition) is 21. The maximum atomic E-state index is 19.1. The summed E-state index contributed by atoms with van der Waals surface area (Å²) in [5, 5.41) is 24.5. The molecule has 8 heterocycles. The Morgan fingerprint density at radius 2 is 1.36 bits per heavy atom. The lowest BCUT2D eigenvalue weighted by molar-refractivity contribution is -0.277. The number of likely N-dealkylation sites (N-methyl/N-ethyl adjacent to an activating group) is 1. The fourth-order valence-corrected chi connectivity index (χ4v) is 10.2. The molecular weight excluding hydrogens is 1720 g/mol. The van der Waals surface area contributed by atoms with Gasteiger partial charge < -0.3 is 147 Å². The van der Waals surface area contributed by atoms with Gasteiger partial charge in [0, 0.05) is 103 Å². The number of carboxylic acids is 1. The lowest BCUT2D eigenvalue weighted by Crippen LogP contribution is -2.66. The number of aromatic hydroxyl groups is 4. The minimum Gasteiger partial charge on any atom is -0.508 e. The summed E-state index contributed by atoms with van der Waals surface area (Å²) >= 11 is 14.0. The number of benzene rings is 7. The highest BCUT2D eigenvalue weighted by Crippen LogP contribution is 2.51. The van der Waals surface area contributed by atoms with Crippen LogP contribution in [0.1, 0.15) is 254 Å². The fourth-order valence-electron chi connectivity index (χ4n) is 9.81. The number of phenolic OH excluding ortho intramolecular Hbond substituents is 4. The largest absolute Gasteiger partial charge is 0.508 e. The summed E-state index contributed by atoms with van der Waals surface area (Å²) in [7, 11) is 0. The standard InChI is InChI=1S/C88H100Cl2N10O28/c1-38(2)13-10-8-6-7-9-11-14-61(106)94-70-73(109)75(111)78(86(120)121)128-87(70)127-77-58-31-43-32-59(77)124-55-24-19-42(29-50(55)89)71(107)69-85(119)98-67(80(114)92-25-12-26-100(4)5)48-33-44(102)34-57(125-88-76(112)74(110)72(108)60(37-101)126-88)62(48)47-28-40(17-22-52(47)103)65(82(116)99-69)95-83(117)66(43)96-84(118)68-49-35-46(36-54(105)63(49)90)123-56-30-41(18-23-53(56)104)64(91-3)81(115)93-51(79(113)97-68)27-39-15-20-45(122-58)21-16-39/h15-24,28-36,38,51,60,64-76,78,87-88,91,101-105,107-112H,6-14,25-27,37H2,1-5H3,(H,92,114)(H,93,115)(H,94,106)(H,95,117)(H,96,118)(H,97,113)(H,98,119)(H,99,116)(H,120,121)/t51-,60-,64-,65-,66-,67+,68+,69+,70-,71-,72-,73-,74+,75+,76+,78+,87-,88+/m1/s1/i1D3,2D3,3D3,4D3,5D3,6D2,7D2,8D2,9D2,10D2,11D2,12D2,13D2,14D2,15D,16D,17D,18D,19D,20D,21D,22D,23D,24D,25D2,26D2,27D2,28D,29D,30D,31D,32D,33D,34D,35D,36D,37D2,38D,51D,60D,64D,65D,66D,67D,68D,69D,70D,71D,72D,73D,74D,75D,76D,78D,87D,88D,101D,107D,108D,109D,110D,111D,112D/hD14. The molecule has 7 aromatic carbocycles. The van der Waals surface area contributed by atoms with Crippen molar-refractivity contribution in [2.75, 3.05) is 40.5 Å². The molecule has 684 valence electrons. The minimum atomic E-state index is -7.17. The molecule has 7 aromatic rings. The minimum absolute atomic E-state index is 1.63. The second-order valence-electron chi connectivity index (χ2n) is 23.1. The molecule has 0 spiro atoms. The van der Waals surface area contributed by atoms with Crippen molar-refractivity contribution in [2.24, 2.45) is 5.89 Å². The van der Waals surface area contributed by atoms with Gasteiger partial charge in [-0.05, 0) is 152 Å². The molecule has 15 rings (SSSR count). The monoisotopic (exact) mass is 1920 g/mol. The summed E-state index contributed by atoms with van der Waals surface area (Å²) < 4.78 is 975. The summed E-state index contributed by atoms with van der Waals surface area (Å²) in [6.07, 6.45) is -120. The predicted molar refractivity (Wildman–Crippen MR) is 452 cm³/mol. The SMILES string of the molecule is [2H]OC(=O)[C@@]1([2H])O[C@@]([2H])(Oc2c3c([2H])c4c([2H])c2Oc2c([2H])c([2H])c(c([2H])c2Cl)[C@@]([2H])(O[2H])[C@@]2([2H])C(=O)N([2H])[C@]([2H])(C(=O)N([2H])C([2H])([2H])C([2H])([2H])C([2H])([2H])N(C([2H])([2H])[2H])C([2H])([2H])[2H])c5c([2H])c(O[2H])c([2H])c(O[C@@]6([2H])O[C@]([2H])(C([2H])([2H])O[2H])[C@@]([2H])(O[2H])[C@]([2H])(O[2H])[C@]6([2H])O[2H])c5-c5c([2H])c(c([2H])c([2H])c5O[2H])[C@]([2H])(C(=O)N2[2H])N([2H])C(=O)[C@]4([2H])N([2H])C(=O)[C@]2([2H])c4c([2H])c(c([2H])c(O[2H])c4Cl)Oc4c([2H])c(c([2H])c([2H])c4O[2H])[C@@]([2H])(N([2H])C([2H])([2H])[2H])C(=O)N([2H])[C@@]([2H])(C(=O)N2[2H])C([2H])([2H])c2c([2H])c([2H])c(c([2H])c2[2H])O3)[C@]([2H])(N([2H])C(=O)C([2H])([2H])C([2H])([2H])C([2H])([2H])C([2H])([2H])C([2H])([2H])C([2H])([2H])C([2H])([2H])C([2H])([2H])C([2H])(C([2H])([2H])[2H])C([2H])([2H])[2H])[C@@]([2H])(O[2H])[C@]1([2H])O[2H]. The van der Waals surface area contributed by atoms with Crippen LogP contribution >= 0.6 is 23.2 Å². The second kappa shape index (κ2) is 40.6. The molecule has 128 heavy (non-hydrogen) atoms. The van der Waals surface area contributed by atoms with Crippen LogP contribution in [0.15, 0.2) is 115 Å². The van der Waals surface area contributed by atoms with Gasteiger partial charge in [0.15, 0.2) is 40.4 Å². The molecule has 38 nitrogen and oxygen atoms in total. The van der Waals surface area contributed by atoms with E-state index in [0.29, 0.717) is 0 Å². The molecule has 17 bridgehead atoms. The Morgan fingerprint density at radius 3 is 2.10 bits per heavy atom. The third-order valence-electron chi connectivity index (χ3n) is 15.1. The van der Waals surface area contributed by atoms with Gasteiger partial charge in [-0.3, -0.25) is 38.4 Å². The van der Waals surface area contributed by atoms with E-state index in [1.165, 1.54) is 0 Å². The number of hydrogen-bond acceptors (Lipinski definition) is 30. The third-order valence-corrected chi connectivity index (χ3v) is 15.7. The third kappa shape index (κ3) is 21.1. The van der Waals surface area contributed by atoms with Crippen LogP contribution in [-0.2, 0) is 59.0 Å². The number of rotatable bonds is 33. The van der Waals surface area contributed by atoms with Crippen molar-refractivity contribution in [1.82, 2.24) is 52.7 Å². The lowest BCUT2D eigenvalue weighted by Gasteiger charge is -2.41. The van der Waals surface area contributed by atoms with Crippen molar-refractivity contribution in [3.05, 3.63) is 164 Å². The van der Waals surface area contributed by atoms with Crippen LogP contribution in [0.5, 0.6) is 69.0 Å². The van der Waals surface area contributed by atoms with Crippen molar-refractivity contribution in [1.29, 1.82) is 17.2 Å². The number of nitrogens with one attached hydrogen (secondary N) is 9. The van der Waals surface area contributed by atoms with E-state index in [1.807, 2.05) is 0 Å². The molecule has 0 unspecified atom stereocenters. The maximum absolute atomic E-state index is 19.1. The van der Waals surface area contributed by atoms with E-state index in [-0.39, 0.29) is 0 Å². The number of aliphatic carboxylic acids is 1. The molecule has 2 saturated heterocycles. The first kappa shape index (κ1) is 29.6. The highest BCUT2D eigenvalue weighted by molar-refractivity contribution is 6.33. The average molecular weight is 1920 g/mol. The zero-order valence-corrected chi connectivity index (χ0v) is 62.2. The topological polar surface area (TPSA) is 573 Å². The van der Waals surface area contributed by atoms with Gasteiger partial charge in [0.25, 0.3) is 7.16 Å². The molecule has 8 aliphatic rings. The molecule has 18 atom stereocenters. The van der Waals surface area contributed by atoms with Crippen molar-refractivity contribution in [3.8, 4) is 80.1 Å². The number of aliphatic hydroxyl groups is 7. The van der Waals surface area contributed by atoms with Crippen LogP contribution in [0.2, 0.25) is 22.8 Å². The number of phenols is 4. The molecule has 0 aromatic heterocycles. The first-order valence-corrected chi connectivity index (χ1v) is 33.5. The van der Waals surface area contributed by atoms with Crippen LogP contribution in [0.25, 0.3) is 12.6 Å². The number of carbonyl (C=O) groups excluding carboxylic acids is 8. The molecule has 8 aliphatic heterocycles. The lowest BCUT2D eigenvalue weighted by atomic mass is 9.89. The van der Waals surface area contributed by atoms with E-state index in [4.69, 9.17) is 120 Å². The molecule has 8 amide bonds. The van der Waals surface area contributed by atoms with Crippen molar-refractivity contribution >= 4 is 76.4 Å². The van der Waals surface area contributed by atoms with Crippen LogP contribution in [0.3, 0.4) is 0 Å². The Morgan fingerprint density at radius 1 is 0.641 bits per heavy atom. The van der Waals surface area contributed by atoms with Gasteiger partial charge in [-0.25, -0.2) is 4.79 Å². The van der Waals surface area contributed by atoms with Crippen LogP contribution in [-0.4, -0.2) is 249 Å². The highest BCUT2D eigenvalue weighted by atomic mass is 35.5. The fraction of sp³-hybridized carbons (Fsp3) is 0.420. The highest BCUT2D eigenvalue weighted by Gasteiger charge is 2.52. The Labute approximate surface area is 884 Å². The van der Waals surface area contributed by atoms with Crippen molar-refractivity contribution in [3.63, 3.8) is 0 Å². The first-order chi connectivity index (χ1) is 102. The van der Waals surface area contributed by atoms with E-state index in [9.17, 15) is 74.3 Å². The first-order valence-electron chi connectivity index (χ1n) is 81.1. The van der Waals surface area contributed by atoms with Gasteiger partial charge in [0.05, 0.1) is 67.3 Å². The molecule has 0 aliphatic carbocycles. The number of nitrogens with zero attached hydrogens (tertiary/aromatic N) is 1. The Balaban J connectivity index is 1.44. The van der Waals surface area contributed by atoms with E-state index in [2.05, 4.69) is 61.3 Å². The van der Waals surface area contributed by atoms with Crippen LogP contribution in [0, 0.1) is 5.89 Å². The number of carbonyl (C=O) groups is 9. The molecule has 0 radical (unpaired) electrons. The van der Waals surface area contributed by atoms with E-state index < -0.39 is 583 Å². The second-order valence-corrected chi connectivity index (χ2v) is 23.8. The summed E-state index contributed by atoms with van der Waals surface area (Å²) in [6.45, 7) is -41.6. The Bertz CT molecular complexity index is 10200. The van der Waals surface area contributed by atoms with Crippen LogP contribution in [0.4, 0.5) is 0 Å². The van der Waals surface area contributed by atoms with Gasteiger partial charge in [0.1, 0.15) is 135 Å². The Hall–Kier alpha value is -11.9. The van der Waals surface area contributed by atoms with Crippen molar-refractivity contribution < 1.29 is 259 Å². The smallest absolute Gasteiger partial charge is 0.335 e. The summed E-state index contributed by atoms with van der Waals surface area (Å²) in [4.78, 5) is 156. The van der Waals surface area contributed by atoms with E-state index >= 15 is 43.2 Å². The van der Waals surface area contributed by atoms with Gasteiger partial charge >= 0.3 is 5.97 Å². The van der Waals surface area contributed by atoms with E-state index in [1.54, 1.807) is 0 Å². The number of halogens is 2. The van der Waals surface area contributed by atoms with Crippen LogP contribution < -0.4 is 71.5 Å². The quantitative estimate of drug-likeness (QED) is 0.0274. The van der Waals surface area contributed by atoms with Gasteiger partial charge in [0.2, 0.25) is 75.6 Å². The molecule has 2 fully saturated rings. The van der Waals surface area contributed by atoms with E-state index in [0.717, 1.165) is 0 Å². The summed E-state index contributed by atoms with van der Waals surface area (Å²) in [6, 6.07) is -110. The summed E-state index contributed by atoms with van der Waals surface area (Å²) in [5.74, 6) is -79.2. The Kier molecular flexibility index (Phi) is 9.38. The van der Waals surface area contributed by atoms with Gasteiger partial charge in [-0.15, -0.1) is 0 Å². The number of carboxylic acid groups (broad SMARTS) is 1. The molecule has 0 saturated carbocycles. The molecule has 40 heteroatoms. The normalized spacial score (nSPS) is 50.1. The zero-order chi connectivity index (χ0) is 178. The molecule has 21 N–H and O–H groups in total. The van der Waals surface area contributed by atoms with Gasteiger partial charge in [-0.1, -0.05) is 105 Å². The molecular formula is C88H100Cl2N10O28. The zero-order valence-electron chi connectivity index (χ0n) is 161. The summed E-state index contributed by atoms with van der Waals surface area (Å²) in [5.41, 5.74) is -29.6.